The Morgan fingerprint density at radius 2 is 2.19 bits per heavy atom. The number of amides is 1. The predicted molar refractivity (Wildman–Crippen MR) is 93.4 cm³/mol. The minimum absolute atomic E-state index is 0.0962. The number of benzene rings is 1. The Morgan fingerprint density at radius 1 is 1.35 bits per heavy atom. The molecule has 0 radical (unpaired) electrons. The van der Waals surface area contributed by atoms with E-state index < -0.39 is 0 Å². The van der Waals surface area contributed by atoms with Gasteiger partial charge in [-0.3, -0.25) is 4.79 Å². The number of hydrogen-bond donors (Lipinski definition) is 2. The van der Waals surface area contributed by atoms with Gasteiger partial charge >= 0.3 is 0 Å². The predicted octanol–water partition coefficient (Wildman–Crippen LogP) is 1.30. The summed E-state index contributed by atoms with van der Waals surface area (Å²) in [6.45, 7) is 0.127. The van der Waals surface area contributed by atoms with Crippen molar-refractivity contribution in [3.8, 4) is 11.5 Å². The van der Waals surface area contributed by atoms with Gasteiger partial charge in [-0.25, -0.2) is 4.68 Å². The normalized spacial score (nSPS) is 10.5. The van der Waals surface area contributed by atoms with E-state index in [0.717, 1.165) is 11.8 Å². The summed E-state index contributed by atoms with van der Waals surface area (Å²) in [5, 5.41) is 14.5. The van der Waals surface area contributed by atoms with Gasteiger partial charge in [0.05, 0.1) is 12.9 Å². The summed E-state index contributed by atoms with van der Waals surface area (Å²) in [4.78, 5) is 11.8. The van der Waals surface area contributed by atoms with Gasteiger partial charge in [0.2, 0.25) is 11.1 Å². The lowest BCUT2D eigenvalue weighted by Gasteiger charge is -2.07. The van der Waals surface area contributed by atoms with Gasteiger partial charge in [-0.1, -0.05) is 23.0 Å². The second kappa shape index (κ2) is 8.25. The highest BCUT2D eigenvalue weighted by molar-refractivity contribution is 7.99. The summed E-state index contributed by atoms with van der Waals surface area (Å²) < 4.78 is 16.7. The van der Waals surface area contributed by atoms with Crippen LogP contribution >= 0.6 is 11.8 Å². The van der Waals surface area contributed by atoms with Gasteiger partial charge in [-0.15, -0.1) is 10.2 Å². The minimum atomic E-state index is -0.263. The Bertz CT molecular complexity index is 867. The van der Waals surface area contributed by atoms with Crippen LogP contribution in [0, 0.1) is 0 Å². The molecule has 3 N–H and O–H groups in total. The number of aromatic nitrogens is 4. The zero-order valence-corrected chi connectivity index (χ0v) is 14.6. The molecule has 10 nitrogen and oxygen atoms in total. The smallest absolute Gasteiger partial charge is 0.236 e. The first-order chi connectivity index (χ1) is 12.7. The van der Waals surface area contributed by atoms with E-state index in [-0.39, 0.29) is 18.3 Å². The van der Waals surface area contributed by atoms with Crippen molar-refractivity contribution in [1.82, 2.24) is 20.0 Å². The number of nitrogens with two attached hydrogens (primary N) is 1. The van der Waals surface area contributed by atoms with E-state index in [9.17, 15) is 4.79 Å². The molecule has 0 spiro atoms. The number of thioether (sulfide) groups is 1. The molecule has 3 rings (SSSR count). The number of methoxy groups -OCH3 is 1. The lowest BCUT2D eigenvalue weighted by atomic mass is 10.3. The summed E-state index contributed by atoms with van der Waals surface area (Å²) in [6.07, 6.45) is 1.37. The standard InChI is InChI=1S/C15H16N6O4S/c1-23-10-3-2-4-11(7-10)24-8-13-18-19-15(21(13)16)26-9-14(22)17-12-5-6-25-20-12/h2-7H,8-9,16H2,1H3,(H,17,20,22). The number of rotatable bonds is 8. The lowest BCUT2D eigenvalue weighted by Crippen LogP contribution is -2.18. The minimum Gasteiger partial charge on any atom is -0.497 e. The maximum atomic E-state index is 11.8. The molecule has 0 saturated carbocycles. The van der Waals surface area contributed by atoms with Gasteiger partial charge in [0.15, 0.2) is 11.6 Å². The highest BCUT2D eigenvalue weighted by Crippen LogP contribution is 2.20. The molecule has 26 heavy (non-hydrogen) atoms. The molecular formula is C15H16N6O4S. The van der Waals surface area contributed by atoms with Crippen LogP contribution < -0.4 is 20.6 Å². The van der Waals surface area contributed by atoms with Crippen molar-refractivity contribution in [2.24, 2.45) is 0 Å². The van der Waals surface area contributed by atoms with Crippen molar-refractivity contribution < 1.29 is 18.8 Å². The van der Waals surface area contributed by atoms with Gasteiger partial charge in [-0.05, 0) is 12.1 Å². The van der Waals surface area contributed by atoms with Crippen LogP contribution in [0.1, 0.15) is 5.82 Å². The van der Waals surface area contributed by atoms with Crippen LogP contribution in [0.2, 0.25) is 0 Å². The molecule has 2 heterocycles. The Labute approximate surface area is 152 Å². The second-order valence-electron chi connectivity index (χ2n) is 4.96. The van der Waals surface area contributed by atoms with Crippen LogP contribution in [-0.2, 0) is 11.4 Å². The fraction of sp³-hybridized carbons (Fsp3) is 0.200. The summed E-state index contributed by atoms with van der Waals surface area (Å²) >= 11 is 1.14. The average Bonchev–Trinajstić information content (AvgIpc) is 3.28. The average molecular weight is 376 g/mol. The van der Waals surface area contributed by atoms with Crippen molar-refractivity contribution in [3.05, 3.63) is 42.4 Å². The highest BCUT2D eigenvalue weighted by Gasteiger charge is 2.13. The van der Waals surface area contributed by atoms with Gasteiger partial charge in [0, 0.05) is 12.1 Å². The maximum absolute atomic E-state index is 11.8. The molecule has 0 saturated heterocycles. The van der Waals surface area contributed by atoms with Crippen LogP contribution in [0.3, 0.4) is 0 Å². The molecule has 3 aromatic rings. The van der Waals surface area contributed by atoms with Crippen molar-refractivity contribution >= 4 is 23.5 Å². The van der Waals surface area contributed by atoms with Crippen molar-refractivity contribution in [3.63, 3.8) is 0 Å². The van der Waals surface area contributed by atoms with Crippen molar-refractivity contribution in [2.75, 3.05) is 24.0 Å². The number of hydrogen-bond acceptors (Lipinski definition) is 9. The number of ether oxygens (including phenoxy) is 2. The molecular weight excluding hydrogens is 360 g/mol. The zero-order chi connectivity index (χ0) is 18.4. The van der Waals surface area contributed by atoms with Crippen LogP contribution in [0.25, 0.3) is 0 Å². The van der Waals surface area contributed by atoms with E-state index >= 15 is 0 Å². The SMILES string of the molecule is COc1cccc(OCc2nnc(SCC(=O)Nc3ccon3)n2N)c1. The lowest BCUT2D eigenvalue weighted by molar-refractivity contribution is -0.113. The molecule has 2 aromatic heterocycles. The molecule has 0 bridgehead atoms. The molecule has 0 unspecified atom stereocenters. The summed E-state index contributed by atoms with van der Waals surface area (Å²) in [6, 6.07) is 8.72. The second-order valence-corrected chi connectivity index (χ2v) is 5.90. The van der Waals surface area contributed by atoms with E-state index in [2.05, 4.69) is 25.2 Å². The van der Waals surface area contributed by atoms with Crippen LogP contribution in [0.5, 0.6) is 11.5 Å². The van der Waals surface area contributed by atoms with Gasteiger partial charge < -0.3 is 25.2 Å². The molecule has 0 aliphatic rings. The van der Waals surface area contributed by atoms with E-state index in [0.29, 0.717) is 28.3 Å². The maximum Gasteiger partial charge on any atom is 0.236 e. The topological polar surface area (TPSA) is 130 Å². The Morgan fingerprint density at radius 3 is 2.96 bits per heavy atom. The van der Waals surface area contributed by atoms with Crippen LogP contribution in [0.15, 0.2) is 46.3 Å². The summed E-state index contributed by atoms with van der Waals surface area (Å²) in [5.74, 6) is 7.86. The number of nitrogens with one attached hydrogen (secondary N) is 1. The fourth-order valence-electron chi connectivity index (χ4n) is 1.93. The van der Waals surface area contributed by atoms with Gasteiger partial charge in [0.1, 0.15) is 24.4 Å². The molecule has 11 heteroatoms. The first kappa shape index (κ1) is 17.6. The highest BCUT2D eigenvalue weighted by atomic mass is 32.2. The first-order valence-electron chi connectivity index (χ1n) is 7.45. The first-order valence-corrected chi connectivity index (χ1v) is 8.43. The number of anilines is 1. The van der Waals surface area contributed by atoms with E-state index in [4.69, 9.17) is 15.3 Å². The number of carbonyl (C=O) groups excluding carboxylic acids is 1. The quantitative estimate of drug-likeness (QED) is 0.441. The van der Waals surface area contributed by atoms with E-state index in [1.54, 1.807) is 25.3 Å². The summed E-state index contributed by atoms with van der Waals surface area (Å²) in [7, 11) is 1.58. The Balaban J connectivity index is 1.53. The summed E-state index contributed by atoms with van der Waals surface area (Å²) in [5.41, 5.74) is 0. The third-order valence-electron chi connectivity index (χ3n) is 3.18. The molecule has 1 amide bonds. The molecule has 136 valence electrons. The van der Waals surface area contributed by atoms with Gasteiger partial charge in [0.25, 0.3) is 0 Å². The Hall–Kier alpha value is -3.21. The number of carbonyl (C=O) groups is 1. The molecule has 0 aliphatic carbocycles. The zero-order valence-electron chi connectivity index (χ0n) is 13.8. The monoisotopic (exact) mass is 376 g/mol. The van der Waals surface area contributed by atoms with Crippen LogP contribution in [-0.4, -0.2) is 38.8 Å². The van der Waals surface area contributed by atoms with E-state index in [1.165, 1.54) is 10.9 Å². The molecule has 0 fully saturated rings. The van der Waals surface area contributed by atoms with E-state index in [1.807, 2.05) is 12.1 Å². The number of nitrogens with zero attached hydrogens (tertiary/aromatic N) is 4. The molecule has 0 aliphatic heterocycles. The number of nitrogen functional groups attached to an aromatic ring is 1. The van der Waals surface area contributed by atoms with Crippen molar-refractivity contribution in [2.45, 2.75) is 11.8 Å². The molecule has 0 atom stereocenters. The van der Waals surface area contributed by atoms with Crippen LogP contribution in [0.4, 0.5) is 5.82 Å². The Kier molecular flexibility index (Phi) is 5.59. The third kappa shape index (κ3) is 4.45. The largest absolute Gasteiger partial charge is 0.497 e. The third-order valence-corrected chi connectivity index (χ3v) is 4.13. The fourth-order valence-corrected chi connectivity index (χ4v) is 2.60. The molecule has 1 aromatic carbocycles. The van der Waals surface area contributed by atoms with Crippen molar-refractivity contribution in [1.29, 1.82) is 0 Å². The van der Waals surface area contributed by atoms with Gasteiger partial charge in [-0.2, -0.15) is 0 Å².